The Morgan fingerprint density at radius 3 is 2.62 bits per heavy atom. The van der Waals surface area contributed by atoms with Crippen molar-refractivity contribution >= 4 is 5.91 Å². The van der Waals surface area contributed by atoms with Gasteiger partial charge in [-0.3, -0.25) is 4.79 Å². The number of carbonyl (C=O) groups excluding carboxylic acids is 1. The second kappa shape index (κ2) is 7.28. The summed E-state index contributed by atoms with van der Waals surface area (Å²) in [4.78, 5) is 14.8. The number of benzene rings is 1. The number of rotatable bonds is 6. The van der Waals surface area contributed by atoms with Crippen LogP contribution in [0.2, 0.25) is 0 Å². The number of amides is 1. The molecule has 0 bridgehead atoms. The minimum Gasteiger partial charge on any atom is -0.466 e. The molecule has 0 fully saturated rings. The molecule has 0 saturated heterocycles. The summed E-state index contributed by atoms with van der Waals surface area (Å²) in [6.45, 7) is 9.73. The van der Waals surface area contributed by atoms with Gasteiger partial charge in [0.15, 0.2) is 0 Å². The van der Waals surface area contributed by atoms with Crippen molar-refractivity contribution < 1.29 is 9.21 Å². The lowest BCUT2D eigenvalue weighted by atomic mass is 9.89. The van der Waals surface area contributed by atoms with Crippen LogP contribution in [0.15, 0.2) is 28.7 Å². The Bertz CT molecular complexity index is 804. The van der Waals surface area contributed by atoms with E-state index in [-0.39, 0.29) is 11.4 Å². The summed E-state index contributed by atoms with van der Waals surface area (Å²) in [7, 11) is 0. The molecule has 2 heterocycles. The van der Waals surface area contributed by atoms with Crippen molar-refractivity contribution in [3.8, 4) is 0 Å². The van der Waals surface area contributed by atoms with Crippen LogP contribution in [-0.4, -0.2) is 29.4 Å². The largest absolute Gasteiger partial charge is 0.466 e. The highest BCUT2D eigenvalue weighted by Gasteiger charge is 2.28. The molecule has 1 amide bonds. The monoisotopic (exact) mass is 354 g/mol. The van der Waals surface area contributed by atoms with Crippen LogP contribution in [0.3, 0.4) is 0 Å². The molecular weight excluding hydrogens is 324 g/mol. The van der Waals surface area contributed by atoms with Crippen molar-refractivity contribution in [3.63, 3.8) is 0 Å². The topological polar surface area (TPSA) is 59.5 Å². The smallest absolute Gasteiger partial charge is 0.254 e. The number of aryl methyl sites for hydroxylation is 3. The Kier molecular flexibility index (Phi) is 5.24. The van der Waals surface area contributed by atoms with Gasteiger partial charge >= 0.3 is 0 Å². The van der Waals surface area contributed by atoms with E-state index in [0.29, 0.717) is 6.54 Å². The zero-order valence-electron chi connectivity index (χ0n) is 16.4. The van der Waals surface area contributed by atoms with E-state index in [1.807, 2.05) is 36.1 Å². The summed E-state index contributed by atoms with van der Waals surface area (Å²) in [5, 5.41) is 0. The molecule has 2 N–H and O–H groups in total. The van der Waals surface area contributed by atoms with Crippen LogP contribution in [0.25, 0.3) is 0 Å². The van der Waals surface area contributed by atoms with Gasteiger partial charge in [0.1, 0.15) is 11.5 Å². The van der Waals surface area contributed by atoms with E-state index in [2.05, 4.69) is 20.8 Å². The van der Waals surface area contributed by atoms with Gasteiger partial charge in [0.05, 0.1) is 0 Å². The normalized spacial score (nSPS) is 16.5. The Balaban J connectivity index is 1.59. The number of fused-ring (bicyclic) bond motifs is 1. The lowest BCUT2D eigenvalue weighted by molar-refractivity contribution is 0.0726. The highest BCUT2D eigenvalue weighted by molar-refractivity contribution is 5.97. The lowest BCUT2D eigenvalue weighted by Crippen LogP contribution is -2.44. The Hall–Kier alpha value is -2.07. The highest BCUT2D eigenvalue weighted by atomic mass is 16.3. The van der Waals surface area contributed by atoms with E-state index < -0.39 is 0 Å². The third-order valence-electron chi connectivity index (χ3n) is 5.71. The summed E-state index contributed by atoms with van der Waals surface area (Å²) in [5.41, 5.74) is 10.8. The van der Waals surface area contributed by atoms with Crippen LogP contribution in [-0.2, 0) is 12.8 Å². The molecule has 1 unspecified atom stereocenters. The van der Waals surface area contributed by atoms with Crippen LogP contribution in [0.5, 0.6) is 0 Å². The molecule has 0 saturated carbocycles. The van der Waals surface area contributed by atoms with Crippen molar-refractivity contribution in [1.82, 2.24) is 4.90 Å². The standard InChI is InChI=1S/C22H30N2O2/c1-15-5-8-20-19(17(15)3)10-13-24(21(20)25)14-12-22(4,23)11-9-18-7-6-16(2)26-18/h5-8H,9-14,23H2,1-4H3. The number of hydrogen-bond donors (Lipinski definition) is 1. The van der Waals surface area contributed by atoms with E-state index >= 15 is 0 Å². The molecule has 4 heteroatoms. The molecule has 1 aliphatic heterocycles. The van der Waals surface area contributed by atoms with Gasteiger partial charge in [-0.15, -0.1) is 0 Å². The zero-order chi connectivity index (χ0) is 18.9. The first-order valence-electron chi connectivity index (χ1n) is 9.49. The van der Waals surface area contributed by atoms with Gasteiger partial charge in [0, 0.05) is 30.6 Å². The minimum absolute atomic E-state index is 0.145. The second-order valence-corrected chi connectivity index (χ2v) is 7.99. The van der Waals surface area contributed by atoms with Crippen molar-refractivity contribution in [2.75, 3.05) is 13.1 Å². The summed E-state index contributed by atoms with van der Waals surface area (Å²) in [5.74, 6) is 2.06. The minimum atomic E-state index is -0.315. The third-order valence-corrected chi connectivity index (χ3v) is 5.71. The van der Waals surface area contributed by atoms with Gasteiger partial charge in [-0.25, -0.2) is 0 Å². The molecule has 140 valence electrons. The molecule has 1 aromatic heterocycles. The maximum Gasteiger partial charge on any atom is 0.254 e. The van der Waals surface area contributed by atoms with Gasteiger partial charge in [0.25, 0.3) is 5.91 Å². The van der Waals surface area contributed by atoms with Gasteiger partial charge in [-0.1, -0.05) is 6.07 Å². The average molecular weight is 354 g/mol. The number of hydrogen-bond acceptors (Lipinski definition) is 3. The average Bonchev–Trinajstić information content (AvgIpc) is 3.01. The van der Waals surface area contributed by atoms with Crippen LogP contribution < -0.4 is 5.73 Å². The molecule has 0 spiro atoms. The number of carbonyl (C=O) groups is 1. The molecule has 1 aliphatic rings. The van der Waals surface area contributed by atoms with E-state index in [4.69, 9.17) is 10.2 Å². The molecular formula is C22H30N2O2. The SMILES string of the molecule is Cc1ccc(CCC(C)(N)CCN2CCc3c(ccc(C)c3C)C2=O)o1. The van der Waals surface area contributed by atoms with Gasteiger partial charge in [-0.2, -0.15) is 0 Å². The molecule has 0 radical (unpaired) electrons. The summed E-state index contributed by atoms with van der Waals surface area (Å²) >= 11 is 0. The Morgan fingerprint density at radius 2 is 1.92 bits per heavy atom. The molecule has 0 aliphatic carbocycles. The molecule has 1 atom stereocenters. The van der Waals surface area contributed by atoms with Crippen molar-refractivity contribution in [1.29, 1.82) is 0 Å². The highest BCUT2D eigenvalue weighted by Crippen LogP contribution is 2.26. The summed E-state index contributed by atoms with van der Waals surface area (Å²) in [6.07, 6.45) is 3.40. The molecule has 26 heavy (non-hydrogen) atoms. The fourth-order valence-electron chi connectivity index (χ4n) is 3.67. The quantitative estimate of drug-likeness (QED) is 0.855. The first-order valence-corrected chi connectivity index (χ1v) is 9.49. The predicted molar refractivity (Wildman–Crippen MR) is 104 cm³/mol. The van der Waals surface area contributed by atoms with Gasteiger partial charge in [0.2, 0.25) is 0 Å². The lowest BCUT2D eigenvalue weighted by Gasteiger charge is -2.33. The number of furan rings is 1. The van der Waals surface area contributed by atoms with Gasteiger partial charge in [-0.05, 0) is 81.8 Å². The molecule has 2 aromatic rings. The fourth-order valence-corrected chi connectivity index (χ4v) is 3.67. The van der Waals surface area contributed by atoms with E-state index in [1.54, 1.807) is 0 Å². The van der Waals surface area contributed by atoms with E-state index in [1.165, 1.54) is 16.7 Å². The van der Waals surface area contributed by atoms with Crippen molar-refractivity contribution in [2.45, 2.75) is 58.9 Å². The number of nitrogens with two attached hydrogens (primary N) is 1. The zero-order valence-corrected chi connectivity index (χ0v) is 16.4. The maximum absolute atomic E-state index is 12.8. The first-order chi connectivity index (χ1) is 12.3. The molecule has 3 rings (SSSR count). The van der Waals surface area contributed by atoms with Gasteiger partial charge < -0.3 is 15.1 Å². The van der Waals surface area contributed by atoms with E-state index in [9.17, 15) is 4.79 Å². The third kappa shape index (κ3) is 4.01. The Morgan fingerprint density at radius 1 is 1.15 bits per heavy atom. The summed E-state index contributed by atoms with van der Waals surface area (Å²) in [6, 6.07) is 8.03. The van der Waals surface area contributed by atoms with Crippen molar-refractivity contribution in [2.24, 2.45) is 5.73 Å². The number of nitrogens with zero attached hydrogens (tertiary/aromatic N) is 1. The van der Waals surface area contributed by atoms with Crippen LogP contribution >= 0.6 is 0 Å². The second-order valence-electron chi connectivity index (χ2n) is 7.99. The van der Waals surface area contributed by atoms with Crippen LogP contribution in [0, 0.1) is 20.8 Å². The predicted octanol–water partition coefficient (Wildman–Crippen LogP) is 3.94. The Labute approximate surface area is 156 Å². The maximum atomic E-state index is 12.8. The first kappa shape index (κ1) is 18.7. The molecule has 4 nitrogen and oxygen atoms in total. The van der Waals surface area contributed by atoms with Crippen molar-refractivity contribution in [3.05, 3.63) is 58.0 Å². The summed E-state index contributed by atoms with van der Waals surface area (Å²) < 4.78 is 5.63. The van der Waals surface area contributed by atoms with Crippen LogP contribution in [0.4, 0.5) is 0 Å². The van der Waals surface area contributed by atoms with E-state index in [0.717, 1.165) is 49.3 Å². The van der Waals surface area contributed by atoms with Crippen LogP contribution in [0.1, 0.15) is 58.3 Å². The fraction of sp³-hybridized carbons (Fsp3) is 0.500. The molecule has 1 aromatic carbocycles.